The van der Waals surface area contributed by atoms with Crippen molar-refractivity contribution in [1.29, 1.82) is 0 Å². The van der Waals surface area contributed by atoms with Crippen molar-refractivity contribution < 1.29 is 18.3 Å². The predicted octanol–water partition coefficient (Wildman–Crippen LogP) is 1.18. The van der Waals surface area contributed by atoms with Gasteiger partial charge in [0.05, 0.1) is 25.0 Å². The third-order valence-electron chi connectivity index (χ3n) is 2.84. The van der Waals surface area contributed by atoms with Crippen molar-refractivity contribution >= 4 is 12.4 Å². The Morgan fingerprint density at radius 1 is 1.19 bits per heavy atom. The molecule has 1 atom stereocenters. The molecule has 0 spiro atoms. The van der Waals surface area contributed by atoms with Crippen molar-refractivity contribution in [2.75, 3.05) is 0 Å². The number of nitrogens with zero attached hydrogens (tertiary/aromatic N) is 3. The van der Waals surface area contributed by atoms with Gasteiger partial charge < -0.3 is 10.8 Å². The van der Waals surface area contributed by atoms with E-state index in [0.29, 0.717) is 11.8 Å². The maximum atomic E-state index is 13.5. The van der Waals surface area contributed by atoms with E-state index in [4.69, 9.17) is 10.8 Å². The summed E-state index contributed by atoms with van der Waals surface area (Å²) >= 11 is 0. The molecule has 0 saturated heterocycles. The highest BCUT2D eigenvalue weighted by Gasteiger charge is 2.14. The number of aliphatic hydroxyl groups excluding tert-OH is 1. The van der Waals surface area contributed by atoms with E-state index >= 15 is 0 Å². The molecular weight excluding hydrogens is 309 g/mol. The third-order valence-corrected chi connectivity index (χ3v) is 2.84. The summed E-state index contributed by atoms with van der Waals surface area (Å²) in [5.74, 6) is -3.20. The van der Waals surface area contributed by atoms with Crippen LogP contribution in [0.1, 0.15) is 11.3 Å². The first kappa shape index (κ1) is 17.4. The summed E-state index contributed by atoms with van der Waals surface area (Å²) in [6, 6.07) is 0.700. The Kier molecular flexibility index (Phi) is 6.13. The van der Waals surface area contributed by atoms with Gasteiger partial charge in [0.1, 0.15) is 5.82 Å². The van der Waals surface area contributed by atoms with Gasteiger partial charge in [-0.05, 0) is 18.1 Å². The van der Waals surface area contributed by atoms with Gasteiger partial charge in [0.25, 0.3) is 0 Å². The van der Waals surface area contributed by atoms with Gasteiger partial charge in [-0.25, -0.2) is 17.9 Å². The van der Waals surface area contributed by atoms with Gasteiger partial charge in [0.15, 0.2) is 11.6 Å². The van der Waals surface area contributed by atoms with Crippen molar-refractivity contribution in [2.24, 2.45) is 5.73 Å². The first-order valence-electron chi connectivity index (χ1n) is 5.88. The summed E-state index contributed by atoms with van der Waals surface area (Å²) in [5.41, 5.74) is 6.28. The lowest BCUT2D eigenvalue weighted by atomic mass is 10.1. The van der Waals surface area contributed by atoms with E-state index in [1.807, 2.05) is 0 Å². The van der Waals surface area contributed by atoms with Crippen LogP contribution in [0.2, 0.25) is 0 Å². The fraction of sp³-hybridized carbons (Fsp3) is 0.333. The molecule has 2 rings (SSSR count). The molecule has 0 bridgehead atoms. The number of benzene rings is 1. The molecule has 21 heavy (non-hydrogen) atoms. The average molecular weight is 323 g/mol. The Balaban J connectivity index is 0.00000220. The number of aliphatic hydroxyl groups is 1. The van der Waals surface area contributed by atoms with Crippen LogP contribution in [0.5, 0.6) is 0 Å². The van der Waals surface area contributed by atoms with Crippen molar-refractivity contribution in [2.45, 2.75) is 25.6 Å². The minimum absolute atomic E-state index is 0. The van der Waals surface area contributed by atoms with E-state index in [0.717, 1.165) is 6.07 Å². The number of rotatable bonds is 5. The van der Waals surface area contributed by atoms with E-state index in [1.165, 1.54) is 10.9 Å². The van der Waals surface area contributed by atoms with Crippen LogP contribution >= 0.6 is 12.4 Å². The van der Waals surface area contributed by atoms with Gasteiger partial charge in [-0.3, -0.25) is 0 Å². The fourth-order valence-electron chi connectivity index (χ4n) is 1.84. The van der Waals surface area contributed by atoms with Crippen LogP contribution < -0.4 is 5.73 Å². The first-order chi connectivity index (χ1) is 9.51. The van der Waals surface area contributed by atoms with Crippen LogP contribution in [0.15, 0.2) is 18.3 Å². The summed E-state index contributed by atoms with van der Waals surface area (Å²) in [4.78, 5) is 0. The molecule has 2 aromatic rings. The minimum Gasteiger partial charge on any atom is -0.390 e. The molecule has 3 N–H and O–H groups in total. The van der Waals surface area contributed by atoms with Crippen LogP contribution in [-0.2, 0) is 19.6 Å². The fourth-order valence-corrected chi connectivity index (χ4v) is 1.84. The largest absolute Gasteiger partial charge is 0.390 e. The highest BCUT2D eigenvalue weighted by molar-refractivity contribution is 5.85. The van der Waals surface area contributed by atoms with E-state index in [9.17, 15) is 13.2 Å². The molecule has 0 aliphatic rings. The van der Waals surface area contributed by atoms with E-state index in [1.54, 1.807) is 0 Å². The molecule has 116 valence electrons. The Morgan fingerprint density at radius 2 is 1.86 bits per heavy atom. The Morgan fingerprint density at radius 3 is 2.52 bits per heavy atom. The van der Waals surface area contributed by atoms with Crippen LogP contribution in [-0.4, -0.2) is 26.1 Å². The summed E-state index contributed by atoms with van der Waals surface area (Å²) in [5, 5.41) is 16.4. The number of nitrogens with two attached hydrogens (primary N) is 1. The van der Waals surface area contributed by atoms with Crippen LogP contribution in [0, 0.1) is 17.5 Å². The second kappa shape index (κ2) is 7.39. The van der Waals surface area contributed by atoms with Gasteiger partial charge in [-0.2, -0.15) is 0 Å². The van der Waals surface area contributed by atoms with E-state index in [2.05, 4.69) is 10.3 Å². The number of halogens is 4. The molecule has 0 fully saturated rings. The molecular formula is C12H14ClF3N4O. The van der Waals surface area contributed by atoms with E-state index in [-0.39, 0.29) is 37.5 Å². The molecule has 1 aromatic carbocycles. The summed E-state index contributed by atoms with van der Waals surface area (Å²) in [7, 11) is 0. The number of hydrogen-bond acceptors (Lipinski definition) is 4. The Labute approximate surface area is 125 Å². The van der Waals surface area contributed by atoms with Gasteiger partial charge in [0, 0.05) is 12.1 Å². The lowest BCUT2D eigenvalue weighted by Gasteiger charge is -2.13. The second-order valence-corrected chi connectivity index (χ2v) is 4.39. The molecule has 0 unspecified atom stereocenters. The quantitative estimate of drug-likeness (QED) is 0.810. The molecule has 1 aromatic heterocycles. The average Bonchev–Trinajstić information content (AvgIpc) is 2.83. The summed E-state index contributed by atoms with van der Waals surface area (Å²) < 4.78 is 40.7. The summed E-state index contributed by atoms with van der Waals surface area (Å²) in [6.07, 6.45) is 1.39. The first-order valence-corrected chi connectivity index (χ1v) is 5.88. The van der Waals surface area contributed by atoms with Crippen LogP contribution in [0.3, 0.4) is 0 Å². The molecule has 0 aliphatic heterocycles. The maximum absolute atomic E-state index is 13.5. The third kappa shape index (κ3) is 4.16. The van der Waals surface area contributed by atoms with Crippen LogP contribution in [0.4, 0.5) is 13.2 Å². The smallest absolute Gasteiger partial charge is 0.161 e. The molecule has 0 radical (unpaired) electrons. The van der Waals surface area contributed by atoms with Gasteiger partial charge in [-0.15, -0.1) is 17.5 Å². The van der Waals surface area contributed by atoms with E-state index < -0.39 is 23.5 Å². The van der Waals surface area contributed by atoms with Crippen molar-refractivity contribution in [3.63, 3.8) is 0 Å². The lowest BCUT2D eigenvalue weighted by Crippen LogP contribution is -2.30. The van der Waals surface area contributed by atoms with Crippen molar-refractivity contribution in [3.05, 3.63) is 47.0 Å². The highest BCUT2D eigenvalue weighted by atomic mass is 35.5. The molecule has 5 nitrogen and oxygen atoms in total. The second-order valence-electron chi connectivity index (χ2n) is 4.39. The zero-order valence-electron chi connectivity index (χ0n) is 10.8. The Bertz CT molecular complexity index is 608. The predicted molar refractivity (Wildman–Crippen MR) is 71.2 cm³/mol. The standard InChI is InChI=1S/C12H13F3N4O.ClH/c13-10-3-12(15)11(14)2-7(10)1-8(16)5-19-9(6-20)4-17-18-19;/h2-4,8,20H,1,5-6,16H2;1H/t8-;/m1./s1. The van der Waals surface area contributed by atoms with Crippen LogP contribution in [0.25, 0.3) is 0 Å². The summed E-state index contributed by atoms with van der Waals surface area (Å²) in [6.45, 7) is -0.0758. The molecule has 9 heteroatoms. The van der Waals surface area contributed by atoms with Crippen molar-refractivity contribution in [3.8, 4) is 0 Å². The molecule has 0 aliphatic carbocycles. The molecule has 1 heterocycles. The number of hydrogen-bond donors (Lipinski definition) is 2. The topological polar surface area (TPSA) is 77.0 Å². The molecule has 0 saturated carbocycles. The monoisotopic (exact) mass is 322 g/mol. The normalized spacial score (nSPS) is 12.0. The number of aromatic nitrogens is 3. The SMILES string of the molecule is Cl.N[C@H](Cc1cc(F)c(F)cc1F)Cn1nncc1CO. The maximum Gasteiger partial charge on any atom is 0.161 e. The highest BCUT2D eigenvalue weighted by Crippen LogP contribution is 2.15. The van der Waals surface area contributed by atoms with Gasteiger partial charge in [0.2, 0.25) is 0 Å². The molecule has 0 amide bonds. The zero-order valence-corrected chi connectivity index (χ0v) is 11.7. The minimum atomic E-state index is -1.24. The van der Waals surface area contributed by atoms with Gasteiger partial charge >= 0.3 is 0 Å². The zero-order chi connectivity index (χ0) is 14.7. The van der Waals surface area contributed by atoms with Gasteiger partial charge in [-0.1, -0.05) is 5.21 Å². The lowest BCUT2D eigenvalue weighted by molar-refractivity contribution is 0.265. The van der Waals surface area contributed by atoms with Crippen molar-refractivity contribution in [1.82, 2.24) is 15.0 Å². The Hall–Kier alpha value is -1.64.